The number of carboxylic acid groups (broad SMARTS) is 1. The molecular formula is C21H21N3O7. The van der Waals surface area contributed by atoms with Crippen LogP contribution in [-0.4, -0.2) is 57.4 Å². The van der Waals surface area contributed by atoms with Gasteiger partial charge in [-0.25, -0.2) is 4.79 Å². The van der Waals surface area contributed by atoms with Crippen LogP contribution in [0, 0.1) is 0 Å². The van der Waals surface area contributed by atoms with Crippen LogP contribution in [0.4, 0.5) is 5.69 Å². The van der Waals surface area contributed by atoms with Crippen molar-refractivity contribution in [3.8, 4) is 11.3 Å². The summed E-state index contributed by atoms with van der Waals surface area (Å²) in [6, 6.07) is 8.49. The van der Waals surface area contributed by atoms with Crippen LogP contribution in [0.15, 0.2) is 41.2 Å². The maximum atomic E-state index is 12.7. The van der Waals surface area contributed by atoms with Crippen molar-refractivity contribution in [2.75, 3.05) is 11.9 Å². The zero-order valence-electron chi connectivity index (χ0n) is 16.9. The Kier molecular flexibility index (Phi) is 6.19. The lowest BCUT2D eigenvalue weighted by molar-refractivity contribution is -0.146. The fourth-order valence-corrected chi connectivity index (χ4v) is 3.48. The lowest BCUT2D eigenvalue weighted by Gasteiger charge is -2.21. The number of nitrogens with zero attached hydrogens (tertiary/aromatic N) is 1. The molecule has 3 rings (SSSR count). The number of pyridine rings is 1. The van der Waals surface area contributed by atoms with Gasteiger partial charge in [-0.05, 0) is 29.8 Å². The van der Waals surface area contributed by atoms with Crippen molar-refractivity contribution in [2.45, 2.75) is 32.4 Å². The normalized spacial score (nSPS) is 17.8. The molecule has 10 heteroatoms. The Morgan fingerprint density at radius 3 is 2.32 bits per heavy atom. The second kappa shape index (κ2) is 8.82. The number of nitrogens with one attached hydrogen (secondary N) is 2. The molecule has 2 atom stereocenters. The molecule has 2 aromatic rings. The average molecular weight is 427 g/mol. The van der Waals surface area contributed by atoms with Gasteiger partial charge in [-0.2, -0.15) is 0 Å². The maximum absolute atomic E-state index is 12.7. The first-order chi connectivity index (χ1) is 14.7. The summed E-state index contributed by atoms with van der Waals surface area (Å²) in [5.41, 5.74) is 0.447. The summed E-state index contributed by atoms with van der Waals surface area (Å²) in [5, 5.41) is 11.7. The highest BCUT2D eigenvalue weighted by molar-refractivity contribution is 5.97. The summed E-state index contributed by atoms with van der Waals surface area (Å²) in [6.07, 6.45) is -0.328. The van der Waals surface area contributed by atoms with Crippen LogP contribution in [-0.2, 0) is 19.1 Å². The number of aromatic nitrogens is 1. The number of anilines is 1. The topological polar surface area (TPSA) is 146 Å². The Morgan fingerprint density at radius 2 is 1.77 bits per heavy atom. The third-order valence-electron chi connectivity index (χ3n) is 4.91. The maximum Gasteiger partial charge on any atom is 0.341 e. The van der Waals surface area contributed by atoms with Crippen molar-refractivity contribution in [1.29, 1.82) is 0 Å². The van der Waals surface area contributed by atoms with E-state index in [0.717, 1.165) is 0 Å². The van der Waals surface area contributed by atoms with Gasteiger partial charge in [0.2, 0.25) is 11.8 Å². The molecule has 3 N–H and O–H groups in total. The first-order valence-corrected chi connectivity index (χ1v) is 9.48. The van der Waals surface area contributed by atoms with E-state index < -0.39 is 35.6 Å². The molecule has 2 amide bonds. The number of ether oxygens (including phenoxy) is 1. The molecule has 1 aliphatic rings. The van der Waals surface area contributed by atoms with Gasteiger partial charge in [-0.15, -0.1) is 0 Å². The third kappa shape index (κ3) is 4.97. The fourth-order valence-electron chi connectivity index (χ4n) is 3.48. The van der Waals surface area contributed by atoms with E-state index in [0.29, 0.717) is 16.9 Å². The van der Waals surface area contributed by atoms with E-state index in [1.807, 2.05) is 0 Å². The second-order valence-corrected chi connectivity index (χ2v) is 7.14. The zero-order valence-corrected chi connectivity index (χ0v) is 16.9. The number of hydrogen-bond donors (Lipinski definition) is 3. The summed E-state index contributed by atoms with van der Waals surface area (Å²) in [5.74, 6) is -2.48. The summed E-state index contributed by atoms with van der Waals surface area (Å²) in [7, 11) is 0. The van der Waals surface area contributed by atoms with Gasteiger partial charge in [0.15, 0.2) is 0 Å². The number of aromatic carboxylic acids is 1. The average Bonchev–Trinajstić information content (AvgIpc) is 3.12. The van der Waals surface area contributed by atoms with Crippen LogP contribution in [0.25, 0.3) is 11.3 Å². The first kappa shape index (κ1) is 21.8. The number of carbonyl (C=O) groups is 4. The molecule has 0 aliphatic carbocycles. The molecule has 1 aromatic heterocycles. The van der Waals surface area contributed by atoms with Crippen LogP contribution >= 0.6 is 0 Å². The van der Waals surface area contributed by atoms with E-state index in [9.17, 15) is 24.0 Å². The lowest BCUT2D eigenvalue weighted by atomic mass is 10.1. The predicted molar refractivity (Wildman–Crippen MR) is 109 cm³/mol. The minimum absolute atomic E-state index is 0.158. The zero-order chi connectivity index (χ0) is 22.7. The van der Waals surface area contributed by atoms with E-state index in [1.165, 1.54) is 30.9 Å². The van der Waals surface area contributed by atoms with Crippen molar-refractivity contribution in [3.63, 3.8) is 0 Å². The third-order valence-corrected chi connectivity index (χ3v) is 4.91. The molecule has 2 heterocycles. The van der Waals surface area contributed by atoms with Crippen LogP contribution in [0.5, 0.6) is 0 Å². The predicted octanol–water partition coefficient (Wildman–Crippen LogP) is 1.23. The molecule has 1 aliphatic heterocycles. The van der Waals surface area contributed by atoms with Gasteiger partial charge in [-0.3, -0.25) is 19.2 Å². The standard InChI is InChI=1S/C21H21N3O7/c1-11(25)24-10-15(31-12(2)26)9-18(24)20(28)22-14-5-3-13(4-6-14)17-8-7-16(21(29)30)19(27)23-17/h3-8,15,18H,9-10H2,1-2H3,(H,22,28)(H,23,27)(H,29,30)/t15?,18-/m1/s1. The molecule has 0 spiro atoms. The van der Waals surface area contributed by atoms with Crippen molar-refractivity contribution in [2.24, 2.45) is 0 Å². The number of aromatic amines is 1. The first-order valence-electron chi connectivity index (χ1n) is 9.48. The highest BCUT2D eigenvalue weighted by Gasteiger charge is 2.39. The summed E-state index contributed by atoms with van der Waals surface area (Å²) >= 11 is 0. The Bertz CT molecular complexity index is 1090. The molecule has 1 fully saturated rings. The monoisotopic (exact) mass is 427 g/mol. The van der Waals surface area contributed by atoms with Crippen molar-refractivity contribution >= 4 is 29.4 Å². The highest BCUT2D eigenvalue weighted by atomic mass is 16.5. The smallest absolute Gasteiger partial charge is 0.341 e. The molecule has 0 radical (unpaired) electrons. The molecule has 1 saturated heterocycles. The number of H-pyrrole nitrogens is 1. The largest absolute Gasteiger partial charge is 0.477 e. The molecule has 0 saturated carbocycles. The summed E-state index contributed by atoms with van der Waals surface area (Å²) in [4.78, 5) is 62.4. The minimum atomic E-state index is -1.31. The quantitative estimate of drug-likeness (QED) is 0.608. The number of hydrogen-bond acceptors (Lipinski definition) is 6. The molecule has 1 unspecified atom stereocenters. The van der Waals surface area contributed by atoms with E-state index >= 15 is 0 Å². The van der Waals surface area contributed by atoms with Crippen molar-refractivity contribution in [3.05, 3.63) is 52.3 Å². The van der Waals surface area contributed by atoms with E-state index in [4.69, 9.17) is 9.84 Å². The summed E-state index contributed by atoms with van der Waals surface area (Å²) in [6.45, 7) is 2.78. The number of carboxylic acids is 1. The van der Waals surface area contributed by atoms with E-state index in [1.54, 1.807) is 24.3 Å². The van der Waals surface area contributed by atoms with Gasteiger partial charge < -0.3 is 25.0 Å². The SMILES string of the molecule is CC(=O)OC1C[C@H](C(=O)Nc2ccc(-c3ccc(C(=O)O)c(=O)[nH]3)cc2)N(C(C)=O)C1. The van der Waals surface area contributed by atoms with Crippen LogP contribution in [0.3, 0.4) is 0 Å². The van der Waals surface area contributed by atoms with Gasteiger partial charge in [0.1, 0.15) is 17.7 Å². The van der Waals surface area contributed by atoms with Gasteiger partial charge in [0.25, 0.3) is 5.56 Å². The number of rotatable bonds is 5. The Balaban J connectivity index is 1.72. The Morgan fingerprint density at radius 1 is 1.10 bits per heavy atom. The van der Waals surface area contributed by atoms with Gasteiger partial charge in [0, 0.05) is 31.6 Å². The number of likely N-dealkylation sites (tertiary alicyclic amines) is 1. The Labute approximate surface area is 176 Å². The summed E-state index contributed by atoms with van der Waals surface area (Å²) < 4.78 is 5.14. The number of benzene rings is 1. The number of carbonyl (C=O) groups excluding carboxylic acids is 3. The Hall–Kier alpha value is -3.95. The minimum Gasteiger partial charge on any atom is -0.477 e. The van der Waals surface area contributed by atoms with Crippen LogP contribution < -0.4 is 10.9 Å². The van der Waals surface area contributed by atoms with Crippen LogP contribution in [0.1, 0.15) is 30.6 Å². The molecular weight excluding hydrogens is 406 g/mol. The molecule has 1 aromatic carbocycles. The number of esters is 1. The molecule has 31 heavy (non-hydrogen) atoms. The van der Waals surface area contributed by atoms with Gasteiger partial charge in [-0.1, -0.05) is 12.1 Å². The van der Waals surface area contributed by atoms with E-state index in [2.05, 4.69) is 10.3 Å². The lowest BCUT2D eigenvalue weighted by Crippen LogP contribution is -2.42. The van der Waals surface area contributed by atoms with Crippen LogP contribution in [0.2, 0.25) is 0 Å². The van der Waals surface area contributed by atoms with Gasteiger partial charge >= 0.3 is 11.9 Å². The van der Waals surface area contributed by atoms with Crippen molar-refractivity contribution < 1.29 is 29.0 Å². The molecule has 10 nitrogen and oxygen atoms in total. The van der Waals surface area contributed by atoms with Crippen molar-refractivity contribution in [1.82, 2.24) is 9.88 Å². The number of amides is 2. The highest BCUT2D eigenvalue weighted by Crippen LogP contribution is 2.24. The molecule has 162 valence electrons. The second-order valence-electron chi connectivity index (χ2n) is 7.14. The molecule has 0 bridgehead atoms. The fraction of sp³-hybridized carbons (Fsp3) is 0.286. The van der Waals surface area contributed by atoms with E-state index in [-0.39, 0.29) is 24.4 Å². The van der Waals surface area contributed by atoms with Gasteiger partial charge in [0.05, 0.1) is 6.54 Å².